The van der Waals surface area contributed by atoms with E-state index in [-0.39, 0.29) is 11.6 Å². The molecule has 1 aromatic rings. The molecule has 0 radical (unpaired) electrons. The molecule has 2 N–H and O–H groups in total. The second kappa shape index (κ2) is 8.60. The van der Waals surface area contributed by atoms with Crippen LogP contribution >= 0.6 is 11.6 Å². The highest BCUT2D eigenvalue weighted by Gasteiger charge is 2.28. The lowest BCUT2D eigenvalue weighted by Gasteiger charge is -2.40. The lowest BCUT2D eigenvalue weighted by Crippen LogP contribution is -2.55. The van der Waals surface area contributed by atoms with Crippen LogP contribution in [0.25, 0.3) is 0 Å². The Bertz CT molecular complexity index is 604. The topological polar surface area (TPSA) is 72.1 Å². The first-order chi connectivity index (χ1) is 11.9. The second-order valence-corrected chi connectivity index (χ2v) is 6.81. The Kier molecular flexibility index (Phi) is 6.75. The summed E-state index contributed by atoms with van der Waals surface area (Å²) < 4.78 is 15.8. The molecule has 2 amide bonds. The molecular weight excluding hydrogens is 346 g/mol. The first-order valence-corrected chi connectivity index (χ1v) is 8.54. The third-order valence-electron chi connectivity index (χ3n) is 4.27. The minimum Gasteiger partial charge on any atom is -0.495 e. The number of urea groups is 1. The van der Waals surface area contributed by atoms with E-state index in [0.29, 0.717) is 28.8 Å². The van der Waals surface area contributed by atoms with Crippen LogP contribution in [0.5, 0.6) is 11.5 Å². The van der Waals surface area contributed by atoms with Gasteiger partial charge in [0.1, 0.15) is 11.5 Å². The van der Waals surface area contributed by atoms with Crippen LogP contribution in [-0.4, -0.2) is 63.5 Å². The Balaban J connectivity index is 1.97. The summed E-state index contributed by atoms with van der Waals surface area (Å²) in [5.41, 5.74) is 0.327. The fourth-order valence-corrected chi connectivity index (χ4v) is 2.93. The molecule has 0 bridgehead atoms. The second-order valence-electron chi connectivity index (χ2n) is 6.41. The smallest absolute Gasteiger partial charge is 0.319 e. The molecule has 25 heavy (non-hydrogen) atoms. The van der Waals surface area contributed by atoms with Gasteiger partial charge in [-0.1, -0.05) is 11.6 Å². The predicted molar refractivity (Wildman–Crippen MR) is 98.0 cm³/mol. The third-order valence-corrected chi connectivity index (χ3v) is 4.57. The summed E-state index contributed by atoms with van der Waals surface area (Å²) in [4.78, 5) is 14.6. The summed E-state index contributed by atoms with van der Waals surface area (Å²) in [7, 11) is 3.03. The van der Waals surface area contributed by atoms with Crippen LogP contribution in [0.15, 0.2) is 12.1 Å². The Labute approximate surface area is 153 Å². The number of ether oxygens (including phenoxy) is 3. The van der Waals surface area contributed by atoms with Crippen LogP contribution in [-0.2, 0) is 4.74 Å². The van der Waals surface area contributed by atoms with Gasteiger partial charge in [-0.25, -0.2) is 4.79 Å². The van der Waals surface area contributed by atoms with E-state index in [4.69, 9.17) is 25.8 Å². The van der Waals surface area contributed by atoms with Crippen LogP contribution in [0.1, 0.15) is 13.8 Å². The molecule has 1 saturated heterocycles. The number of benzene rings is 1. The van der Waals surface area contributed by atoms with Crippen LogP contribution in [0, 0.1) is 0 Å². The van der Waals surface area contributed by atoms with Crippen molar-refractivity contribution in [2.24, 2.45) is 0 Å². The van der Waals surface area contributed by atoms with Gasteiger partial charge in [-0.15, -0.1) is 0 Å². The fraction of sp³-hybridized carbons (Fsp3) is 0.588. The first-order valence-electron chi connectivity index (χ1n) is 8.16. The lowest BCUT2D eigenvalue weighted by molar-refractivity contribution is -0.00863. The SMILES string of the molecule is COc1cc(NC(=O)NCC(C)(C)N2CCOCC2)c(OC)cc1Cl. The number of morpholine rings is 1. The number of halogens is 1. The quantitative estimate of drug-likeness (QED) is 0.804. The molecule has 1 fully saturated rings. The maximum Gasteiger partial charge on any atom is 0.319 e. The zero-order chi connectivity index (χ0) is 18.4. The summed E-state index contributed by atoms with van der Waals surface area (Å²) in [5, 5.41) is 6.11. The number of methoxy groups -OCH3 is 2. The van der Waals surface area contributed by atoms with Crippen molar-refractivity contribution in [3.8, 4) is 11.5 Å². The van der Waals surface area contributed by atoms with Crippen molar-refractivity contribution < 1.29 is 19.0 Å². The average molecular weight is 372 g/mol. The van der Waals surface area contributed by atoms with E-state index in [9.17, 15) is 4.79 Å². The van der Waals surface area contributed by atoms with E-state index < -0.39 is 0 Å². The minimum absolute atomic E-state index is 0.164. The summed E-state index contributed by atoms with van der Waals surface area (Å²) in [6, 6.07) is 2.92. The van der Waals surface area contributed by atoms with Gasteiger partial charge in [0.05, 0.1) is 38.1 Å². The molecule has 0 atom stereocenters. The molecule has 0 saturated carbocycles. The van der Waals surface area contributed by atoms with Gasteiger partial charge in [0, 0.05) is 37.3 Å². The molecule has 0 aliphatic carbocycles. The Morgan fingerprint density at radius 1 is 1.24 bits per heavy atom. The van der Waals surface area contributed by atoms with Crippen molar-refractivity contribution in [3.63, 3.8) is 0 Å². The van der Waals surface area contributed by atoms with Crippen LogP contribution in [0.4, 0.5) is 10.5 Å². The number of hydrogen-bond donors (Lipinski definition) is 2. The van der Waals surface area contributed by atoms with Gasteiger partial charge in [0.25, 0.3) is 0 Å². The zero-order valence-electron chi connectivity index (χ0n) is 15.1. The largest absolute Gasteiger partial charge is 0.495 e. The lowest BCUT2D eigenvalue weighted by atomic mass is 10.0. The van der Waals surface area contributed by atoms with Crippen molar-refractivity contribution in [3.05, 3.63) is 17.2 Å². The number of nitrogens with zero attached hydrogens (tertiary/aromatic N) is 1. The number of anilines is 1. The molecule has 0 spiro atoms. The number of nitrogens with one attached hydrogen (secondary N) is 2. The maximum absolute atomic E-state index is 12.3. The summed E-state index contributed by atoms with van der Waals surface area (Å²) >= 11 is 6.07. The molecule has 1 aromatic carbocycles. The Hall–Kier alpha value is -1.70. The summed E-state index contributed by atoms with van der Waals surface area (Å²) in [5.74, 6) is 0.930. The molecule has 2 rings (SSSR count). The molecule has 140 valence electrons. The van der Waals surface area contributed by atoms with E-state index in [2.05, 4.69) is 29.4 Å². The number of hydrogen-bond acceptors (Lipinski definition) is 5. The van der Waals surface area contributed by atoms with Gasteiger partial charge < -0.3 is 24.8 Å². The van der Waals surface area contributed by atoms with E-state index in [1.54, 1.807) is 12.1 Å². The van der Waals surface area contributed by atoms with Crippen molar-refractivity contribution in [2.75, 3.05) is 52.4 Å². The van der Waals surface area contributed by atoms with Crippen molar-refractivity contribution in [1.29, 1.82) is 0 Å². The molecule has 8 heteroatoms. The van der Waals surface area contributed by atoms with Crippen molar-refractivity contribution >= 4 is 23.3 Å². The molecule has 1 heterocycles. The standard InChI is InChI=1S/C17H26ClN3O4/c1-17(2,21-5-7-25-8-6-21)11-19-16(22)20-13-10-14(23-3)12(18)9-15(13)24-4/h9-10H,5-8,11H2,1-4H3,(H2,19,20,22). The van der Waals surface area contributed by atoms with Gasteiger partial charge >= 0.3 is 6.03 Å². The summed E-state index contributed by atoms with van der Waals surface area (Å²) in [6.07, 6.45) is 0. The highest BCUT2D eigenvalue weighted by Crippen LogP contribution is 2.35. The third kappa shape index (κ3) is 5.14. The minimum atomic E-state index is -0.316. The van der Waals surface area contributed by atoms with Crippen LogP contribution < -0.4 is 20.1 Å². The monoisotopic (exact) mass is 371 g/mol. The molecule has 7 nitrogen and oxygen atoms in total. The highest BCUT2D eigenvalue weighted by molar-refractivity contribution is 6.32. The van der Waals surface area contributed by atoms with Gasteiger partial charge in [-0.2, -0.15) is 0 Å². The van der Waals surface area contributed by atoms with Crippen LogP contribution in [0.2, 0.25) is 5.02 Å². The van der Waals surface area contributed by atoms with Crippen molar-refractivity contribution in [2.45, 2.75) is 19.4 Å². The highest BCUT2D eigenvalue weighted by atomic mass is 35.5. The van der Waals surface area contributed by atoms with Gasteiger partial charge in [0.2, 0.25) is 0 Å². The Morgan fingerprint density at radius 3 is 2.48 bits per heavy atom. The van der Waals surface area contributed by atoms with E-state index >= 15 is 0 Å². The van der Waals surface area contributed by atoms with E-state index in [1.807, 2.05) is 0 Å². The number of carbonyl (C=O) groups is 1. The van der Waals surface area contributed by atoms with Gasteiger partial charge in [-0.3, -0.25) is 4.90 Å². The molecule has 1 aliphatic rings. The number of amides is 2. The molecular formula is C17H26ClN3O4. The average Bonchev–Trinajstić information content (AvgIpc) is 2.62. The number of rotatable bonds is 6. The zero-order valence-corrected chi connectivity index (χ0v) is 15.9. The van der Waals surface area contributed by atoms with Gasteiger partial charge in [0.15, 0.2) is 0 Å². The number of carbonyl (C=O) groups excluding carboxylic acids is 1. The molecule has 1 aliphatic heterocycles. The fourth-order valence-electron chi connectivity index (χ4n) is 2.70. The Morgan fingerprint density at radius 2 is 1.88 bits per heavy atom. The molecule has 0 aromatic heterocycles. The van der Waals surface area contributed by atoms with Gasteiger partial charge in [-0.05, 0) is 13.8 Å². The van der Waals surface area contributed by atoms with E-state index in [1.165, 1.54) is 14.2 Å². The normalized spacial score (nSPS) is 15.6. The summed E-state index contributed by atoms with van der Waals surface area (Å²) in [6.45, 7) is 7.87. The molecule has 0 unspecified atom stereocenters. The van der Waals surface area contributed by atoms with E-state index in [0.717, 1.165) is 26.3 Å². The van der Waals surface area contributed by atoms with Crippen LogP contribution in [0.3, 0.4) is 0 Å². The predicted octanol–water partition coefficient (Wildman–Crippen LogP) is 2.59. The first kappa shape index (κ1) is 19.6. The maximum atomic E-state index is 12.3. The van der Waals surface area contributed by atoms with Crippen molar-refractivity contribution in [1.82, 2.24) is 10.2 Å².